The van der Waals surface area contributed by atoms with Crippen LogP contribution in [0.25, 0.3) is 4.91 Å². The minimum absolute atomic E-state index is 0.560. The van der Waals surface area contributed by atoms with Crippen molar-refractivity contribution in [3.8, 4) is 5.88 Å². The molecule has 2 aromatic heterocycles. The second-order valence-electron chi connectivity index (χ2n) is 5.02. The van der Waals surface area contributed by atoms with Gasteiger partial charge in [0.05, 0.1) is 35.5 Å². The van der Waals surface area contributed by atoms with E-state index in [1.807, 2.05) is 23.9 Å². The number of thioether (sulfide) groups is 1. The minimum atomic E-state index is 0.560. The molecule has 6 nitrogen and oxygen atoms in total. The molecule has 0 bridgehead atoms. The number of aromatic nitrogens is 3. The standard InChI is InChI=1S/C16H19N5OS/c1-4-21-10-23-15(11(21)2)13-7-8-17-16(20-13)19-12-5-6-14(22-3)18-9-12/h5-9H,4,10H2,1-3H3,(H,17,19,20). The summed E-state index contributed by atoms with van der Waals surface area (Å²) in [5.41, 5.74) is 3.04. The quantitative estimate of drug-likeness (QED) is 0.902. The minimum Gasteiger partial charge on any atom is -0.481 e. The summed E-state index contributed by atoms with van der Waals surface area (Å²) in [5.74, 6) is 2.12. The molecule has 2 aromatic rings. The molecule has 0 aliphatic carbocycles. The SMILES string of the molecule is CCN1CSC(c2ccnc(Nc3ccc(OC)nc3)n2)=C1C. The number of methoxy groups -OCH3 is 1. The molecule has 1 aliphatic heterocycles. The van der Waals surface area contributed by atoms with Gasteiger partial charge in [-0.05, 0) is 26.0 Å². The zero-order valence-electron chi connectivity index (χ0n) is 13.4. The lowest BCUT2D eigenvalue weighted by atomic mass is 10.3. The maximum Gasteiger partial charge on any atom is 0.227 e. The van der Waals surface area contributed by atoms with Crippen LogP contribution in [0, 0.1) is 0 Å². The Morgan fingerprint density at radius 2 is 2.17 bits per heavy atom. The smallest absolute Gasteiger partial charge is 0.227 e. The van der Waals surface area contributed by atoms with Crippen LogP contribution in [0.1, 0.15) is 19.5 Å². The summed E-state index contributed by atoms with van der Waals surface area (Å²) >= 11 is 1.81. The van der Waals surface area contributed by atoms with E-state index in [2.05, 4.69) is 39.0 Å². The number of hydrogen-bond donors (Lipinski definition) is 1. The maximum absolute atomic E-state index is 5.05. The molecule has 0 saturated carbocycles. The second kappa shape index (κ2) is 6.87. The highest BCUT2D eigenvalue weighted by Crippen LogP contribution is 2.38. The Morgan fingerprint density at radius 3 is 2.83 bits per heavy atom. The summed E-state index contributed by atoms with van der Waals surface area (Å²) in [6.45, 7) is 5.31. The molecule has 0 amide bonds. The first kappa shape index (κ1) is 15.6. The molecular formula is C16H19N5OS. The van der Waals surface area contributed by atoms with Crippen molar-refractivity contribution in [1.82, 2.24) is 19.9 Å². The van der Waals surface area contributed by atoms with Crippen molar-refractivity contribution in [2.24, 2.45) is 0 Å². The van der Waals surface area contributed by atoms with E-state index in [0.717, 1.165) is 23.8 Å². The first-order chi connectivity index (χ1) is 11.2. The second-order valence-corrected chi connectivity index (χ2v) is 5.98. The molecule has 0 atom stereocenters. The van der Waals surface area contributed by atoms with Crippen LogP contribution < -0.4 is 10.1 Å². The van der Waals surface area contributed by atoms with E-state index in [1.54, 1.807) is 25.6 Å². The van der Waals surface area contributed by atoms with E-state index in [9.17, 15) is 0 Å². The third kappa shape index (κ3) is 3.39. The Balaban J connectivity index is 1.81. The molecule has 7 heteroatoms. The van der Waals surface area contributed by atoms with Gasteiger partial charge in [-0.1, -0.05) is 0 Å². The molecule has 0 aromatic carbocycles. The van der Waals surface area contributed by atoms with E-state index in [-0.39, 0.29) is 0 Å². The number of allylic oxidation sites excluding steroid dienone is 1. The Hall–Kier alpha value is -2.28. The largest absolute Gasteiger partial charge is 0.481 e. The predicted octanol–water partition coefficient (Wildman–Crippen LogP) is 3.34. The number of nitrogens with zero attached hydrogens (tertiary/aromatic N) is 4. The van der Waals surface area contributed by atoms with Crippen molar-refractivity contribution in [2.75, 3.05) is 24.8 Å². The van der Waals surface area contributed by atoms with Gasteiger partial charge in [0, 0.05) is 24.5 Å². The zero-order chi connectivity index (χ0) is 16.2. The van der Waals surface area contributed by atoms with E-state index in [1.165, 1.54) is 10.6 Å². The van der Waals surface area contributed by atoms with Crippen molar-refractivity contribution in [1.29, 1.82) is 0 Å². The normalized spacial score (nSPS) is 14.3. The summed E-state index contributed by atoms with van der Waals surface area (Å²) in [5, 5.41) is 3.17. The van der Waals surface area contributed by atoms with Crippen molar-refractivity contribution < 1.29 is 4.74 Å². The van der Waals surface area contributed by atoms with Gasteiger partial charge in [-0.25, -0.2) is 15.0 Å². The molecule has 23 heavy (non-hydrogen) atoms. The summed E-state index contributed by atoms with van der Waals surface area (Å²) in [6.07, 6.45) is 3.47. The third-order valence-electron chi connectivity index (χ3n) is 3.64. The van der Waals surface area contributed by atoms with Crippen LogP contribution in [-0.2, 0) is 0 Å². The third-order valence-corrected chi connectivity index (χ3v) is 4.87. The van der Waals surface area contributed by atoms with Crippen LogP contribution in [0.4, 0.5) is 11.6 Å². The number of nitrogens with one attached hydrogen (secondary N) is 1. The highest BCUT2D eigenvalue weighted by atomic mass is 32.2. The van der Waals surface area contributed by atoms with Crippen molar-refractivity contribution >= 4 is 28.3 Å². The maximum atomic E-state index is 5.05. The predicted molar refractivity (Wildman–Crippen MR) is 93.5 cm³/mol. The Kier molecular flexibility index (Phi) is 4.66. The van der Waals surface area contributed by atoms with E-state index in [0.29, 0.717) is 11.8 Å². The number of pyridine rings is 1. The fourth-order valence-electron chi connectivity index (χ4n) is 2.32. The summed E-state index contributed by atoms with van der Waals surface area (Å²) < 4.78 is 5.05. The van der Waals surface area contributed by atoms with Crippen LogP contribution in [-0.4, -0.2) is 39.4 Å². The van der Waals surface area contributed by atoms with Crippen LogP contribution in [0.2, 0.25) is 0 Å². The summed E-state index contributed by atoms with van der Waals surface area (Å²) in [6, 6.07) is 5.63. The summed E-state index contributed by atoms with van der Waals surface area (Å²) in [4.78, 5) is 16.6. The van der Waals surface area contributed by atoms with E-state index in [4.69, 9.17) is 4.74 Å². The average molecular weight is 329 g/mol. The number of rotatable bonds is 5. The highest BCUT2D eigenvalue weighted by Gasteiger charge is 2.20. The van der Waals surface area contributed by atoms with Gasteiger partial charge in [-0.15, -0.1) is 11.8 Å². The van der Waals surface area contributed by atoms with Gasteiger partial charge >= 0.3 is 0 Å². The molecular weight excluding hydrogens is 310 g/mol. The van der Waals surface area contributed by atoms with Crippen molar-refractivity contribution in [3.05, 3.63) is 42.0 Å². The molecule has 3 rings (SSSR count). The molecule has 0 fully saturated rings. The molecule has 0 radical (unpaired) electrons. The number of anilines is 2. The number of hydrogen-bond acceptors (Lipinski definition) is 7. The first-order valence-electron chi connectivity index (χ1n) is 7.40. The Morgan fingerprint density at radius 1 is 1.30 bits per heavy atom. The lowest BCUT2D eigenvalue weighted by Crippen LogP contribution is -2.16. The van der Waals surface area contributed by atoms with Crippen molar-refractivity contribution in [3.63, 3.8) is 0 Å². The van der Waals surface area contributed by atoms with Crippen LogP contribution in [0.15, 0.2) is 36.3 Å². The molecule has 0 spiro atoms. The first-order valence-corrected chi connectivity index (χ1v) is 8.39. The molecule has 0 unspecified atom stereocenters. The van der Waals surface area contributed by atoms with Gasteiger partial charge in [0.2, 0.25) is 11.8 Å². The van der Waals surface area contributed by atoms with Gasteiger partial charge in [-0.3, -0.25) is 0 Å². The van der Waals surface area contributed by atoms with Crippen LogP contribution in [0.3, 0.4) is 0 Å². The van der Waals surface area contributed by atoms with Crippen LogP contribution in [0.5, 0.6) is 5.88 Å². The molecule has 0 saturated heterocycles. The Bertz CT molecular complexity index is 717. The fourth-order valence-corrected chi connectivity index (χ4v) is 3.59. The molecule has 1 N–H and O–H groups in total. The lowest BCUT2D eigenvalue weighted by molar-refractivity contribution is 0.398. The van der Waals surface area contributed by atoms with Gasteiger partial charge in [-0.2, -0.15) is 0 Å². The van der Waals surface area contributed by atoms with Gasteiger partial charge < -0.3 is 15.0 Å². The van der Waals surface area contributed by atoms with Gasteiger partial charge in [0.1, 0.15) is 0 Å². The van der Waals surface area contributed by atoms with Crippen LogP contribution >= 0.6 is 11.8 Å². The van der Waals surface area contributed by atoms with Gasteiger partial charge in [0.15, 0.2) is 0 Å². The average Bonchev–Trinajstić information content (AvgIpc) is 2.96. The fraction of sp³-hybridized carbons (Fsp3) is 0.312. The van der Waals surface area contributed by atoms with E-state index < -0.39 is 0 Å². The molecule has 3 heterocycles. The monoisotopic (exact) mass is 329 g/mol. The Labute approximate surface area is 140 Å². The summed E-state index contributed by atoms with van der Waals surface area (Å²) in [7, 11) is 1.59. The van der Waals surface area contributed by atoms with Crippen molar-refractivity contribution in [2.45, 2.75) is 13.8 Å². The van der Waals surface area contributed by atoms with Gasteiger partial charge in [0.25, 0.3) is 0 Å². The lowest BCUT2D eigenvalue weighted by Gasteiger charge is -2.15. The molecule has 1 aliphatic rings. The topological polar surface area (TPSA) is 63.2 Å². The molecule has 120 valence electrons. The number of ether oxygens (including phenoxy) is 1. The van der Waals surface area contributed by atoms with E-state index >= 15 is 0 Å². The zero-order valence-corrected chi connectivity index (χ0v) is 14.2. The highest BCUT2D eigenvalue weighted by molar-refractivity contribution is 8.08.